The molecule has 2 rings (SSSR count). The van der Waals surface area contributed by atoms with Crippen molar-refractivity contribution in [2.24, 2.45) is 5.92 Å². The van der Waals surface area contributed by atoms with E-state index in [0.29, 0.717) is 18.3 Å². The third-order valence-electron chi connectivity index (χ3n) is 3.20. The fourth-order valence-corrected chi connectivity index (χ4v) is 2.67. The van der Waals surface area contributed by atoms with Crippen molar-refractivity contribution in [3.63, 3.8) is 0 Å². The van der Waals surface area contributed by atoms with Gasteiger partial charge in [0.2, 0.25) is 0 Å². The largest absolute Gasteiger partial charge is 0.461 e. The number of hydrogen-bond donors (Lipinski definition) is 1. The average Bonchev–Trinajstić information content (AvgIpc) is 2.63. The van der Waals surface area contributed by atoms with Crippen LogP contribution in [0.5, 0.6) is 0 Å². The number of carbonyl (C=O) groups excluding carboxylic acids is 1. The maximum absolute atomic E-state index is 11.4. The van der Waals surface area contributed by atoms with E-state index in [1.54, 1.807) is 12.3 Å². The molecule has 1 heterocycles. The van der Waals surface area contributed by atoms with Gasteiger partial charge >= 0.3 is 5.97 Å². The standard InChI is InChI=1S/C12H18N2O2S/c1-3-16-11(15)10-7-17-12(14-10)13-8(2)9-5-4-6-9/h7-9H,3-6H2,1-2H3,(H,13,14). The fourth-order valence-electron chi connectivity index (χ4n) is 1.89. The van der Waals surface area contributed by atoms with Crippen LogP contribution in [0.2, 0.25) is 0 Å². The number of nitrogens with zero attached hydrogens (tertiary/aromatic N) is 1. The molecule has 1 aromatic rings. The number of ether oxygens (including phenoxy) is 1. The van der Waals surface area contributed by atoms with Gasteiger partial charge in [-0.3, -0.25) is 0 Å². The molecule has 1 aliphatic rings. The summed E-state index contributed by atoms with van der Waals surface area (Å²) in [6, 6.07) is 0.435. The Morgan fingerprint density at radius 2 is 2.47 bits per heavy atom. The maximum Gasteiger partial charge on any atom is 0.357 e. The lowest BCUT2D eigenvalue weighted by atomic mass is 9.80. The van der Waals surface area contributed by atoms with E-state index in [-0.39, 0.29) is 5.97 Å². The summed E-state index contributed by atoms with van der Waals surface area (Å²) in [5.41, 5.74) is 0.403. The lowest BCUT2D eigenvalue weighted by molar-refractivity contribution is 0.0520. The zero-order valence-corrected chi connectivity index (χ0v) is 11.0. The predicted molar refractivity (Wildman–Crippen MR) is 68.5 cm³/mol. The summed E-state index contributed by atoms with van der Waals surface area (Å²) in [5, 5.41) is 5.92. The van der Waals surface area contributed by atoms with Crippen LogP contribution >= 0.6 is 11.3 Å². The minimum Gasteiger partial charge on any atom is -0.461 e. The molecule has 0 aromatic carbocycles. The molecule has 1 aliphatic carbocycles. The molecule has 4 nitrogen and oxygen atoms in total. The van der Waals surface area contributed by atoms with Crippen molar-refractivity contribution in [2.75, 3.05) is 11.9 Å². The number of rotatable bonds is 5. The van der Waals surface area contributed by atoms with E-state index in [1.165, 1.54) is 30.6 Å². The first-order valence-corrected chi connectivity index (χ1v) is 6.98. The van der Waals surface area contributed by atoms with Crippen molar-refractivity contribution in [1.29, 1.82) is 0 Å². The Kier molecular flexibility index (Phi) is 3.99. The zero-order chi connectivity index (χ0) is 12.3. The Balaban J connectivity index is 1.91. The van der Waals surface area contributed by atoms with E-state index in [2.05, 4.69) is 17.2 Å². The molecule has 0 amide bonds. The Bertz CT molecular complexity index is 388. The smallest absolute Gasteiger partial charge is 0.357 e. The van der Waals surface area contributed by atoms with Gasteiger partial charge in [-0.15, -0.1) is 11.3 Å². The van der Waals surface area contributed by atoms with E-state index in [4.69, 9.17) is 4.74 Å². The summed E-state index contributed by atoms with van der Waals surface area (Å²) in [6.45, 7) is 4.36. The highest BCUT2D eigenvalue weighted by Crippen LogP contribution is 2.31. The van der Waals surface area contributed by atoms with Crippen molar-refractivity contribution >= 4 is 22.4 Å². The van der Waals surface area contributed by atoms with Crippen molar-refractivity contribution in [2.45, 2.75) is 39.2 Å². The predicted octanol–water partition coefficient (Wildman–Crippen LogP) is 2.92. The summed E-state index contributed by atoms with van der Waals surface area (Å²) in [5.74, 6) is 0.415. The van der Waals surface area contributed by atoms with Crippen LogP contribution in [0.4, 0.5) is 5.13 Å². The first kappa shape index (κ1) is 12.4. The molecule has 0 aliphatic heterocycles. The third-order valence-corrected chi connectivity index (χ3v) is 3.97. The highest BCUT2D eigenvalue weighted by Gasteiger charge is 2.24. The van der Waals surface area contributed by atoms with Crippen molar-refractivity contribution in [3.05, 3.63) is 11.1 Å². The SMILES string of the molecule is CCOC(=O)c1csc(NC(C)C2CCC2)n1. The van der Waals surface area contributed by atoms with E-state index >= 15 is 0 Å². The first-order chi connectivity index (χ1) is 8.20. The van der Waals surface area contributed by atoms with Gasteiger partial charge < -0.3 is 10.1 Å². The molecule has 0 radical (unpaired) electrons. The number of nitrogens with one attached hydrogen (secondary N) is 1. The molecule has 1 atom stereocenters. The van der Waals surface area contributed by atoms with E-state index in [1.807, 2.05) is 0 Å². The second-order valence-corrected chi connectivity index (χ2v) is 5.24. The molecule has 0 bridgehead atoms. The Morgan fingerprint density at radius 1 is 1.71 bits per heavy atom. The Morgan fingerprint density at radius 3 is 3.06 bits per heavy atom. The number of anilines is 1. The minimum atomic E-state index is -0.340. The van der Waals surface area contributed by atoms with Crippen LogP contribution in [0.25, 0.3) is 0 Å². The summed E-state index contributed by atoms with van der Waals surface area (Å²) >= 11 is 1.46. The molecule has 0 spiro atoms. The molecule has 0 saturated heterocycles. The summed E-state index contributed by atoms with van der Waals surface area (Å²) in [6.07, 6.45) is 3.93. The van der Waals surface area contributed by atoms with Gasteiger partial charge in [-0.2, -0.15) is 0 Å². The number of thiazole rings is 1. The van der Waals surface area contributed by atoms with E-state index < -0.39 is 0 Å². The monoisotopic (exact) mass is 254 g/mol. The van der Waals surface area contributed by atoms with Crippen molar-refractivity contribution in [1.82, 2.24) is 4.98 Å². The van der Waals surface area contributed by atoms with Gasteiger partial charge in [-0.25, -0.2) is 9.78 Å². The number of carbonyl (C=O) groups is 1. The lowest BCUT2D eigenvalue weighted by Gasteiger charge is -2.31. The molecular weight excluding hydrogens is 236 g/mol. The Hall–Kier alpha value is -1.10. The van der Waals surface area contributed by atoms with Crippen LogP contribution in [0.15, 0.2) is 5.38 Å². The second-order valence-electron chi connectivity index (χ2n) is 4.38. The van der Waals surface area contributed by atoms with Crippen LogP contribution in [-0.2, 0) is 4.74 Å². The Labute approximate surface area is 105 Å². The van der Waals surface area contributed by atoms with Gasteiger partial charge in [0, 0.05) is 11.4 Å². The summed E-state index contributed by atoms with van der Waals surface area (Å²) in [7, 11) is 0. The molecule has 1 unspecified atom stereocenters. The third kappa shape index (κ3) is 2.97. The quantitative estimate of drug-likeness (QED) is 0.821. The molecule has 1 fully saturated rings. The molecule has 94 valence electrons. The summed E-state index contributed by atoms with van der Waals surface area (Å²) in [4.78, 5) is 15.7. The van der Waals surface area contributed by atoms with Gasteiger partial charge in [0.05, 0.1) is 6.61 Å². The first-order valence-electron chi connectivity index (χ1n) is 6.10. The minimum absolute atomic E-state index is 0.340. The van der Waals surface area contributed by atoms with Crippen LogP contribution in [0.3, 0.4) is 0 Å². The zero-order valence-electron chi connectivity index (χ0n) is 10.2. The van der Waals surface area contributed by atoms with Gasteiger partial charge in [0.1, 0.15) is 0 Å². The highest BCUT2D eigenvalue weighted by atomic mass is 32.1. The number of hydrogen-bond acceptors (Lipinski definition) is 5. The molecule has 5 heteroatoms. The average molecular weight is 254 g/mol. The molecule has 17 heavy (non-hydrogen) atoms. The van der Waals surface area contributed by atoms with Gasteiger partial charge in [-0.05, 0) is 32.6 Å². The van der Waals surface area contributed by atoms with Crippen molar-refractivity contribution in [3.8, 4) is 0 Å². The van der Waals surface area contributed by atoms with Crippen LogP contribution in [0, 0.1) is 5.92 Å². The van der Waals surface area contributed by atoms with Gasteiger partial charge in [0.15, 0.2) is 10.8 Å². The van der Waals surface area contributed by atoms with Crippen LogP contribution < -0.4 is 5.32 Å². The van der Waals surface area contributed by atoms with Crippen LogP contribution in [-0.4, -0.2) is 23.6 Å². The molecule has 1 N–H and O–H groups in total. The highest BCUT2D eigenvalue weighted by molar-refractivity contribution is 7.13. The maximum atomic E-state index is 11.4. The lowest BCUT2D eigenvalue weighted by Crippen LogP contribution is -2.30. The van der Waals surface area contributed by atoms with Crippen LogP contribution in [0.1, 0.15) is 43.6 Å². The molecular formula is C12H18N2O2S. The van der Waals surface area contributed by atoms with E-state index in [0.717, 1.165) is 11.0 Å². The topological polar surface area (TPSA) is 51.2 Å². The fraction of sp³-hybridized carbons (Fsp3) is 0.667. The normalized spacial score (nSPS) is 17.3. The number of esters is 1. The van der Waals surface area contributed by atoms with E-state index in [9.17, 15) is 4.79 Å². The van der Waals surface area contributed by atoms with Gasteiger partial charge in [-0.1, -0.05) is 6.42 Å². The van der Waals surface area contributed by atoms with Gasteiger partial charge in [0.25, 0.3) is 0 Å². The summed E-state index contributed by atoms with van der Waals surface area (Å²) < 4.78 is 4.90. The number of aromatic nitrogens is 1. The van der Waals surface area contributed by atoms with Crippen molar-refractivity contribution < 1.29 is 9.53 Å². The molecule has 1 saturated carbocycles. The molecule has 1 aromatic heterocycles. The second kappa shape index (κ2) is 5.49.